The smallest absolute Gasteiger partial charge is 0.143 e. The van der Waals surface area contributed by atoms with Crippen LogP contribution in [0.25, 0.3) is 71.7 Å². The molecule has 0 fully saturated rings. The van der Waals surface area contributed by atoms with Gasteiger partial charge in [-0.3, -0.25) is 0 Å². The zero-order chi connectivity index (χ0) is 30.4. The molecular formula is C41H25N3O. The summed E-state index contributed by atoms with van der Waals surface area (Å²) in [6.45, 7) is 4.56. The number of hydrogen-bond donors (Lipinski definition) is 0. The van der Waals surface area contributed by atoms with Crippen LogP contribution in [0.2, 0.25) is 0 Å². The first-order chi connectivity index (χ1) is 22.0. The summed E-state index contributed by atoms with van der Waals surface area (Å²) in [5.41, 5.74) is 12.8. The van der Waals surface area contributed by atoms with Crippen LogP contribution in [0.5, 0.6) is 0 Å². The molecule has 4 nitrogen and oxygen atoms in total. The van der Waals surface area contributed by atoms with Crippen molar-refractivity contribution in [2.45, 2.75) is 19.3 Å². The van der Waals surface area contributed by atoms with Crippen molar-refractivity contribution in [2.75, 3.05) is 0 Å². The largest absolute Gasteiger partial charge is 0.455 e. The van der Waals surface area contributed by atoms with Crippen molar-refractivity contribution in [3.05, 3.63) is 138 Å². The predicted molar refractivity (Wildman–Crippen MR) is 180 cm³/mol. The highest BCUT2D eigenvalue weighted by Gasteiger charge is 2.37. The summed E-state index contributed by atoms with van der Waals surface area (Å²) in [6, 6.07) is 44.0. The monoisotopic (exact) mass is 575 g/mol. The minimum atomic E-state index is -0.104. The van der Waals surface area contributed by atoms with Crippen molar-refractivity contribution in [3.8, 4) is 40.1 Å². The molecule has 8 aromatic rings. The second kappa shape index (κ2) is 8.96. The standard InChI is InChI=1S/C41H25N3O/c1-41(2)33-9-5-3-8-29(33)39-34(41)15-14-28-32-21-26(13-18-38(32)45-40(28)39)30-19-24(22-42)11-16-36(30)44-35-10-6-4-7-27(35)31-20-25(23-43)12-17-37(31)44/h3-21H,1-2H3. The SMILES string of the molecule is CC1(C)c2ccccc2-c2c1ccc1c2oc2ccc(-c3cc(C#N)ccc3-n3c4ccccc4c4cc(C#N)ccc43)cc21. The van der Waals surface area contributed by atoms with Gasteiger partial charge in [0.25, 0.3) is 0 Å². The second-order valence-electron chi connectivity index (χ2n) is 12.4. The maximum Gasteiger partial charge on any atom is 0.143 e. The van der Waals surface area contributed by atoms with Gasteiger partial charge in [0, 0.05) is 38.1 Å². The average molecular weight is 576 g/mol. The van der Waals surface area contributed by atoms with Gasteiger partial charge in [0.15, 0.2) is 0 Å². The predicted octanol–water partition coefficient (Wildman–Crippen LogP) is 10.4. The van der Waals surface area contributed by atoms with Crippen LogP contribution in [0.15, 0.2) is 120 Å². The van der Waals surface area contributed by atoms with Crippen molar-refractivity contribution >= 4 is 43.7 Å². The summed E-state index contributed by atoms with van der Waals surface area (Å²) in [5.74, 6) is 0. The van der Waals surface area contributed by atoms with Gasteiger partial charge in [-0.25, -0.2) is 0 Å². The number of rotatable bonds is 2. The lowest BCUT2D eigenvalue weighted by Crippen LogP contribution is -2.14. The molecule has 9 rings (SSSR count). The molecular weight excluding hydrogens is 550 g/mol. The summed E-state index contributed by atoms with van der Waals surface area (Å²) in [5, 5.41) is 23.8. The molecule has 0 unspecified atom stereocenters. The van der Waals surface area contributed by atoms with Gasteiger partial charge in [0.2, 0.25) is 0 Å². The molecule has 0 spiro atoms. The zero-order valence-electron chi connectivity index (χ0n) is 24.7. The van der Waals surface area contributed by atoms with E-state index in [9.17, 15) is 10.5 Å². The lowest BCUT2D eigenvalue weighted by Gasteiger charge is -2.21. The van der Waals surface area contributed by atoms with Crippen LogP contribution >= 0.6 is 0 Å². The van der Waals surface area contributed by atoms with Crippen molar-refractivity contribution < 1.29 is 4.42 Å². The fourth-order valence-corrected chi connectivity index (χ4v) is 7.52. The first kappa shape index (κ1) is 25.4. The third kappa shape index (κ3) is 3.40. The van der Waals surface area contributed by atoms with Crippen molar-refractivity contribution in [2.24, 2.45) is 0 Å². The van der Waals surface area contributed by atoms with Crippen LogP contribution in [-0.2, 0) is 5.41 Å². The summed E-state index contributed by atoms with van der Waals surface area (Å²) in [7, 11) is 0. The van der Waals surface area contributed by atoms with Crippen LogP contribution in [-0.4, -0.2) is 4.57 Å². The van der Waals surface area contributed by atoms with E-state index in [1.54, 1.807) is 0 Å². The lowest BCUT2D eigenvalue weighted by atomic mass is 9.82. The van der Waals surface area contributed by atoms with E-state index in [0.717, 1.165) is 60.6 Å². The first-order valence-corrected chi connectivity index (χ1v) is 15.1. The summed E-state index contributed by atoms with van der Waals surface area (Å²) in [4.78, 5) is 0. The van der Waals surface area contributed by atoms with E-state index >= 15 is 0 Å². The van der Waals surface area contributed by atoms with Gasteiger partial charge in [-0.15, -0.1) is 0 Å². The number of benzene rings is 6. The Balaban J connectivity index is 1.31. The maximum absolute atomic E-state index is 9.92. The average Bonchev–Trinajstić information content (AvgIpc) is 3.69. The van der Waals surface area contributed by atoms with Crippen molar-refractivity contribution in [1.82, 2.24) is 4.57 Å². The van der Waals surface area contributed by atoms with Crippen LogP contribution in [0, 0.1) is 22.7 Å². The Labute approximate surface area is 259 Å². The van der Waals surface area contributed by atoms with Gasteiger partial charge in [0.05, 0.1) is 40.0 Å². The van der Waals surface area contributed by atoms with Gasteiger partial charge in [-0.2, -0.15) is 10.5 Å². The molecule has 0 aliphatic heterocycles. The molecule has 0 saturated heterocycles. The van der Waals surface area contributed by atoms with Crippen molar-refractivity contribution in [1.29, 1.82) is 10.5 Å². The molecule has 0 N–H and O–H groups in total. The van der Waals surface area contributed by atoms with E-state index in [1.807, 2.05) is 48.5 Å². The Morgan fingerprint density at radius 2 is 1.36 bits per heavy atom. The highest BCUT2D eigenvalue weighted by Crippen LogP contribution is 2.52. The van der Waals surface area contributed by atoms with Crippen LogP contribution in [0.3, 0.4) is 0 Å². The molecule has 4 heteroatoms. The van der Waals surface area contributed by atoms with E-state index in [4.69, 9.17) is 4.42 Å². The highest BCUT2D eigenvalue weighted by molar-refractivity contribution is 6.13. The van der Waals surface area contributed by atoms with Gasteiger partial charge >= 0.3 is 0 Å². The topological polar surface area (TPSA) is 65.7 Å². The molecule has 45 heavy (non-hydrogen) atoms. The summed E-state index contributed by atoms with van der Waals surface area (Å²) in [6.07, 6.45) is 0. The van der Waals surface area contributed by atoms with E-state index in [1.165, 1.54) is 22.3 Å². The van der Waals surface area contributed by atoms with E-state index in [2.05, 4.69) is 97.3 Å². The first-order valence-electron chi connectivity index (χ1n) is 15.1. The number of fused-ring (bicyclic) bond motifs is 10. The molecule has 0 amide bonds. The van der Waals surface area contributed by atoms with Crippen LogP contribution in [0.1, 0.15) is 36.1 Å². The molecule has 210 valence electrons. The Morgan fingerprint density at radius 1 is 0.600 bits per heavy atom. The highest BCUT2D eigenvalue weighted by atomic mass is 16.3. The molecule has 1 aliphatic carbocycles. The van der Waals surface area contributed by atoms with E-state index in [-0.39, 0.29) is 5.41 Å². The molecule has 0 saturated carbocycles. The molecule has 2 aromatic heterocycles. The number of nitrogens with zero attached hydrogens (tertiary/aromatic N) is 3. The van der Waals surface area contributed by atoms with Gasteiger partial charge in [-0.1, -0.05) is 74.5 Å². The Hall–Kier alpha value is -6.10. The maximum atomic E-state index is 9.92. The number of furan rings is 1. The number of para-hydroxylation sites is 1. The molecule has 0 bridgehead atoms. The van der Waals surface area contributed by atoms with Gasteiger partial charge < -0.3 is 8.98 Å². The number of aromatic nitrogens is 1. The Bertz CT molecular complexity index is 2650. The minimum Gasteiger partial charge on any atom is -0.455 e. The van der Waals surface area contributed by atoms with Crippen molar-refractivity contribution in [3.63, 3.8) is 0 Å². The fourth-order valence-electron chi connectivity index (χ4n) is 7.52. The van der Waals surface area contributed by atoms with Crippen LogP contribution in [0.4, 0.5) is 0 Å². The number of hydrogen-bond acceptors (Lipinski definition) is 3. The Kier molecular flexibility index (Phi) is 5.06. The zero-order valence-corrected chi connectivity index (χ0v) is 24.7. The third-order valence-electron chi connectivity index (χ3n) is 9.66. The normalized spacial score (nSPS) is 13.2. The minimum absolute atomic E-state index is 0.104. The summed E-state index contributed by atoms with van der Waals surface area (Å²) < 4.78 is 8.88. The van der Waals surface area contributed by atoms with Crippen LogP contribution < -0.4 is 0 Å². The summed E-state index contributed by atoms with van der Waals surface area (Å²) >= 11 is 0. The Morgan fingerprint density at radius 3 is 2.22 bits per heavy atom. The quantitative estimate of drug-likeness (QED) is 0.206. The lowest BCUT2D eigenvalue weighted by molar-refractivity contribution is 0.653. The van der Waals surface area contributed by atoms with E-state index < -0.39 is 0 Å². The molecule has 6 aromatic carbocycles. The molecule has 1 aliphatic rings. The number of nitriles is 2. The molecule has 0 radical (unpaired) electrons. The van der Waals surface area contributed by atoms with Gasteiger partial charge in [0.1, 0.15) is 11.2 Å². The third-order valence-corrected chi connectivity index (χ3v) is 9.66. The van der Waals surface area contributed by atoms with Gasteiger partial charge in [-0.05, 0) is 76.9 Å². The fraction of sp³-hybridized carbons (Fsp3) is 0.0732. The second-order valence-corrected chi connectivity index (χ2v) is 12.4. The molecule has 0 atom stereocenters. The van der Waals surface area contributed by atoms with E-state index in [0.29, 0.717) is 11.1 Å². The molecule has 2 heterocycles.